The number of benzene rings is 3. The van der Waals surface area contributed by atoms with E-state index >= 15 is 0 Å². The van der Waals surface area contributed by atoms with Crippen LogP contribution in [0.2, 0.25) is 0 Å². The number of carbonyl (C=O) groups excluding carboxylic acids is 3. The first-order chi connectivity index (χ1) is 15.0. The standard InChI is InChI=1S/C24H22N2O5/c1-25-23(28)19-6-5-7-20(14-19)26-22(27)16-31-24(29)18-12-10-17(11-13-18)15-30-21-8-3-2-4-9-21/h2-14H,15-16H2,1H3,(H,25,28)(H,26,27). The number of carbonyl (C=O) groups is 3. The maximum absolute atomic E-state index is 12.2. The molecule has 3 aromatic rings. The van der Waals surface area contributed by atoms with Crippen molar-refractivity contribution in [2.75, 3.05) is 19.0 Å². The predicted octanol–water partition coefficient (Wildman–Crippen LogP) is 3.42. The Morgan fingerprint density at radius 1 is 0.839 bits per heavy atom. The fourth-order valence-electron chi connectivity index (χ4n) is 2.71. The monoisotopic (exact) mass is 418 g/mol. The number of hydrogen-bond donors (Lipinski definition) is 2. The van der Waals surface area contributed by atoms with Gasteiger partial charge in [-0.15, -0.1) is 0 Å². The van der Waals surface area contributed by atoms with Crippen molar-refractivity contribution in [2.45, 2.75) is 6.61 Å². The van der Waals surface area contributed by atoms with Crippen LogP contribution in [0, 0.1) is 0 Å². The summed E-state index contributed by atoms with van der Waals surface area (Å²) in [5, 5.41) is 5.11. The molecule has 0 radical (unpaired) electrons. The fraction of sp³-hybridized carbons (Fsp3) is 0.125. The van der Waals surface area contributed by atoms with Gasteiger partial charge in [0.05, 0.1) is 5.56 Å². The van der Waals surface area contributed by atoms with Gasteiger partial charge in [-0.25, -0.2) is 4.79 Å². The van der Waals surface area contributed by atoms with Gasteiger partial charge in [0.1, 0.15) is 12.4 Å². The van der Waals surface area contributed by atoms with E-state index in [1.54, 1.807) is 42.5 Å². The SMILES string of the molecule is CNC(=O)c1cccc(NC(=O)COC(=O)c2ccc(COc3ccccc3)cc2)c1. The Morgan fingerprint density at radius 2 is 1.58 bits per heavy atom. The van der Waals surface area contributed by atoms with Crippen molar-refractivity contribution >= 4 is 23.5 Å². The zero-order chi connectivity index (χ0) is 22.1. The molecule has 7 heteroatoms. The number of ether oxygens (including phenoxy) is 2. The molecular formula is C24H22N2O5. The van der Waals surface area contributed by atoms with Crippen molar-refractivity contribution in [2.24, 2.45) is 0 Å². The van der Waals surface area contributed by atoms with Crippen LogP contribution in [0.3, 0.4) is 0 Å². The summed E-state index contributed by atoms with van der Waals surface area (Å²) in [6.07, 6.45) is 0. The van der Waals surface area contributed by atoms with Gasteiger partial charge in [-0.2, -0.15) is 0 Å². The van der Waals surface area contributed by atoms with Crippen LogP contribution in [-0.4, -0.2) is 31.4 Å². The van der Waals surface area contributed by atoms with E-state index < -0.39 is 18.5 Å². The molecule has 0 aromatic heterocycles. The van der Waals surface area contributed by atoms with Gasteiger partial charge >= 0.3 is 5.97 Å². The first kappa shape index (κ1) is 21.6. The van der Waals surface area contributed by atoms with Crippen LogP contribution in [0.1, 0.15) is 26.3 Å². The number of rotatable bonds is 8. The molecule has 0 spiro atoms. The quantitative estimate of drug-likeness (QED) is 0.547. The highest BCUT2D eigenvalue weighted by molar-refractivity contribution is 5.98. The summed E-state index contributed by atoms with van der Waals surface area (Å²) in [5.74, 6) is -0.613. The molecular weight excluding hydrogens is 396 g/mol. The number of esters is 1. The second-order valence-electron chi connectivity index (χ2n) is 6.58. The third-order valence-corrected chi connectivity index (χ3v) is 4.31. The molecule has 0 saturated carbocycles. The van der Waals surface area contributed by atoms with E-state index in [-0.39, 0.29) is 5.91 Å². The van der Waals surface area contributed by atoms with Crippen molar-refractivity contribution in [1.29, 1.82) is 0 Å². The molecule has 0 unspecified atom stereocenters. The lowest BCUT2D eigenvalue weighted by Crippen LogP contribution is -2.22. The molecule has 31 heavy (non-hydrogen) atoms. The topological polar surface area (TPSA) is 93.7 Å². The van der Waals surface area contributed by atoms with Gasteiger partial charge in [0, 0.05) is 18.3 Å². The second-order valence-corrected chi connectivity index (χ2v) is 6.58. The normalized spacial score (nSPS) is 10.1. The summed E-state index contributed by atoms with van der Waals surface area (Å²) in [4.78, 5) is 35.9. The average molecular weight is 418 g/mol. The Balaban J connectivity index is 1.47. The summed E-state index contributed by atoms with van der Waals surface area (Å²) in [7, 11) is 1.52. The van der Waals surface area contributed by atoms with Crippen LogP contribution in [0.4, 0.5) is 5.69 Å². The van der Waals surface area contributed by atoms with E-state index in [1.807, 2.05) is 30.3 Å². The summed E-state index contributed by atoms with van der Waals surface area (Å²) < 4.78 is 10.7. The second kappa shape index (κ2) is 10.6. The van der Waals surface area contributed by atoms with Crippen molar-refractivity contribution < 1.29 is 23.9 Å². The van der Waals surface area contributed by atoms with Gasteiger partial charge in [-0.1, -0.05) is 36.4 Å². The lowest BCUT2D eigenvalue weighted by molar-refractivity contribution is -0.119. The Morgan fingerprint density at radius 3 is 2.29 bits per heavy atom. The van der Waals surface area contributed by atoms with Crippen LogP contribution < -0.4 is 15.4 Å². The highest BCUT2D eigenvalue weighted by Crippen LogP contribution is 2.13. The third-order valence-electron chi connectivity index (χ3n) is 4.31. The van der Waals surface area contributed by atoms with Crippen molar-refractivity contribution in [3.63, 3.8) is 0 Å². The highest BCUT2D eigenvalue weighted by atomic mass is 16.5. The molecule has 0 aliphatic heterocycles. The summed E-state index contributed by atoms with van der Waals surface area (Å²) >= 11 is 0. The Hall–Kier alpha value is -4.13. The Labute approximate surface area is 180 Å². The van der Waals surface area contributed by atoms with E-state index in [0.29, 0.717) is 23.4 Å². The van der Waals surface area contributed by atoms with Crippen LogP contribution in [0.25, 0.3) is 0 Å². The number of amides is 2. The van der Waals surface area contributed by atoms with Gasteiger partial charge in [0.15, 0.2) is 6.61 Å². The first-order valence-electron chi connectivity index (χ1n) is 9.61. The maximum atomic E-state index is 12.2. The lowest BCUT2D eigenvalue weighted by atomic mass is 10.1. The predicted molar refractivity (Wildman–Crippen MR) is 116 cm³/mol. The molecule has 0 aliphatic carbocycles. The van der Waals surface area contributed by atoms with Gasteiger partial charge in [0.25, 0.3) is 11.8 Å². The highest BCUT2D eigenvalue weighted by Gasteiger charge is 2.11. The summed E-state index contributed by atoms with van der Waals surface area (Å²) in [6.45, 7) is -0.0707. The van der Waals surface area contributed by atoms with E-state index in [2.05, 4.69) is 10.6 Å². The van der Waals surface area contributed by atoms with Crippen LogP contribution in [0.15, 0.2) is 78.9 Å². The van der Waals surface area contributed by atoms with E-state index in [9.17, 15) is 14.4 Å². The van der Waals surface area contributed by atoms with E-state index in [1.165, 1.54) is 13.1 Å². The zero-order valence-corrected chi connectivity index (χ0v) is 17.0. The van der Waals surface area contributed by atoms with Gasteiger partial charge in [-0.3, -0.25) is 9.59 Å². The number of para-hydroxylation sites is 1. The number of hydrogen-bond acceptors (Lipinski definition) is 5. The first-order valence-corrected chi connectivity index (χ1v) is 9.61. The molecule has 0 fully saturated rings. The van der Waals surface area contributed by atoms with Crippen LogP contribution in [0.5, 0.6) is 5.75 Å². The van der Waals surface area contributed by atoms with Crippen LogP contribution in [-0.2, 0) is 16.1 Å². The molecule has 2 amide bonds. The minimum absolute atomic E-state index is 0.264. The van der Waals surface area contributed by atoms with Gasteiger partial charge in [-0.05, 0) is 48.0 Å². The van der Waals surface area contributed by atoms with E-state index in [0.717, 1.165) is 11.3 Å². The molecule has 3 aromatic carbocycles. The maximum Gasteiger partial charge on any atom is 0.338 e. The minimum Gasteiger partial charge on any atom is -0.489 e. The van der Waals surface area contributed by atoms with Gasteiger partial charge in [0.2, 0.25) is 0 Å². The Bertz CT molecular complexity index is 1050. The summed E-state index contributed by atoms with van der Waals surface area (Å²) in [6, 6.07) is 22.7. The molecule has 3 rings (SSSR count). The molecule has 7 nitrogen and oxygen atoms in total. The minimum atomic E-state index is -0.607. The molecule has 2 N–H and O–H groups in total. The number of anilines is 1. The molecule has 0 bridgehead atoms. The smallest absolute Gasteiger partial charge is 0.338 e. The zero-order valence-electron chi connectivity index (χ0n) is 17.0. The fourth-order valence-corrected chi connectivity index (χ4v) is 2.71. The largest absolute Gasteiger partial charge is 0.489 e. The molecule has 0 saturated heterocycles. The molecule has 0 aliphatic rings. The average Bonchev–Trinajstić information content (AvgIpc) is 2.82. The molecule has 0 heterocycles. The Kier molecular flexibility index (Phi) is 7.37. The van der Waals surface area contributed by atoms with E-state index in [4.69, 9.17) is 9.47 Å². The van der Waals surface area contributed by atoms with Gasteiger partial charge < -0.3 is 20.1 Å². The van der Waals surface area contributed by atoms with Crippen molar-refractivity contribution in [1.82, 2.24) is 5.32 Å². The van der Waals surface area contributed by atoms with Crippen molar-refractivity contribution in [3.8, 4) is 5.75 Å². The van der Waals surface area contributed by atoms with Crippen molar-refractivity contribution in [3.05, 3.63) is 95.6 Å². The third kappa shape index (κ3) is 6.43. The number of nitrogens with one attached hydrogen (secondary N) is 2. The van der Waals surface area contributed by atoms with Crippen LogP contribution >= 0.6 is 0 Å². The summed E-state index contributed by atoms with van der Waals surface area (Å²) in [5.41, 5.74) is 2.07. The lowest BCUT2D eigenvalue weighted by Gasteiger charge is -2.09. The molecule has 0 atom stereocenters. The molecule has 158 valence electrons.